The lowest BCUT2D eigenvalue weighted by atomic mass is 10.1. The van der Waals surface area contributed by atoms with E-state index in [1.54, 1.807) is 24.9 Å². The first kappa shape index (κ1) is 15.4. The second-order valence-electron chi connectivity index (χ2n) is 4.74. The molecule has 0 saturated carbocycles. The predicted octanol–water partition coefficient (Wildman–Crippen LogP) is 2.27. The minimum atomic E-state index is 0.0234. The Bertz CT molecular complexity index is 615. The molecule has 1 aromatic carbocycles. The van der Waals surface area contributed by atoms with E-state index >= 15 is 0 Å². The molecule has 21 heavy (non-hydrogen) atoms. The Morgan fingerprint density at radius 3 is 2.71 bits per heavy atom. The molecule has 1 heterocycles. The van der Waals surface area contributed by atoms with Crippen LogP contribution in [0.25, 0.3) is 0 Å². The summed E-state index contributed by atoms with van der Waals surface area (Å²) < 4.78 is 12.7. The van der Waals surface area contributed by atoms with Crippen LogP contribution in [0.15, 0.2) is 12.1 Å². The Labute approximate surface area is 128 Å². The summed E-state index contributed by atoms with van der Waals surface area (Å²) in [4.78, 5) is 0. The van der Waals surface area contributed by atoms with E-state index in [1.807, 2.05) is 19.9 Å². The number of ether oxygens (including phenoxy) is 2. The minimum Gasteiger partial charge on any atom is -0.493 e. The third kappa shape index (κ3) is 3.75. The molecule has 0 spiro atoms. The topological polar surface area (TPSA) is 74.1 Å². The van der Waals surface area contributed by atoms with Gasteiger partial charge in [-0.25, -0.2) is 4.68 Å². The number of aromatic nitrogens is 4. The van der Waals surface area contributed by atoms with Crippen LogP contribution in [0.3, 0.4) is 0 Å². The Morgan fingerprint density at radius 1 is 1.38 bits per heavy atom. The summed E-state index contributed by atoms with van der Waals surface area (Å²) in [5, 5.41) is 14.9. The number of rotatable bonds is 6. The average molecular weight is 312 g/mol. The van der Waals surface area contributed by atoms with Gasteiger partial charge in [0.15, 0.2) is 11.5 Å². The zero-order chi connectivity index (χ0) is 15.4. The van der Waals surface area contributed by atoms with Gasteiger partial charge in [0.1, 0.15) is 0 Å². The predicted molar refractivity (Wildman–Crippen MR) is 79.9 cm³/mol. The highest BCUT2D eigenvalue weighted by Crippen LogP contribution is 2.35. The maximum Gasteiger partial charge on any atom is 0.242 e. The van der Waals surface area contributed by atoms with E-state index in [-0.39, 0.29) is 6.10 Å². The molecule has 1 N–H and O–H groups in total. The van der Waals surface area contributed by atoms with Crippen LogP contribution in [0.1, 0.15) is 19.4 Å². The van der Waals surface area contributed by atoms with Gasteiger partial charge in [0.05, 0.1) is 13.2 Å². The largest absolute Gasteiger partial charge is 0.493 e. The molecular formula is C13H18ClN5O2. The molecule has 0 bridgehead atoms. The van der Waals surface area contributed by atoms with Crippen LogP contribution in [0.4, 0.5) is 5.95 Å². The fourth-order valence-electron chi connectivity index (χ4n) is 1.83. The van der Waals surface area contributed by atoms with Crippen molar-refractivity contribution in [2.75, 3.05) is 12.4 Å². The fraction of sp³-hybridized carbons (Fsp3) is 0.462. The standard InChI is InChI=1S/C13H18ClN5O2/c1-8(2)21-12-9(5-10(14)6-11(12)20-4)7-15-13-16-17-18-19(13)3/h5-6,8H,7H2,1-4H3,(H,15,16,18). The summed E-state index contributed by atoms with van der Waals surface area (Å²) in [7, 11) is 3.34. The molecule has 0 aliphatic heterocycles. The van der Waals surface area contributed by atoms with E-state index in [0.717, 1.165) is 5.56 Å². The molecular weight excluding hydrogens is 294 g/mol. The molecule has 2 aromatic rings. The molecule has 0 amide bonds. The molecule has 7 nitrogen and oxygen atoms in total. The zero-order valence-corrected chi connectivity index (χ0v) is 13.2. The summed E-state index contributed by atoms with van der Waals surface area (Å²) in [6.07, 6.45) is 0.0234. The highest BCUT2D eigenvalue weighted by Gasteiger charge is 2.15. The van der Waals surface area contributed by atoms with Crippen LogP contribution in [-0.4, -0.2) is 33.4 Å². The Hall–Kier alpha value is -2.02. The number of hydrogen-bond acceptors (Lipinski definition) is 6. The Kier molecular flexibility index (Phi) is 4.85. The van der Waals surface area contributed by atoms with Crippen LogP contribution in [0.2, 0.25) is 5.02 Å². The molecule has 0 radical (unpaired) electrons. The molecule has 8 heteroatoms. The molecule has 0 atom stereocenters. The smallest absolute Gasteiger partial charge is 0.242 e. The highest BCUT2D eigenvalue weighted by molar-refractivity contribution is 6.30. The minimum absolute atomic E-state index is 0.0234. The third-order valence-electron chi connectivity index (χ3n) is 2.73. The number of aryl methyl sites for hydroxylation is 1. The molecule has 0 aliphatic carbocycles. The van der Waals surface area contributed by atoms with Crippen molar-refractivity contribution in [3.8, 4) is 11.5 Å². The van der Waals surface area contributed by atoms with Crippen molar-refractivity contribution in [1.82, 2.24) is 20.2 Å². The number of methoxy groups -OCH3 is 1. The number of tetrazole rings is 1. The molecule has 0 saturated heterocycles. The molecule has 0 unspecified atom stereocenters. The molecule has 2 rings (SSSR count). The van der Waals surface area contributed by atoms with Gasteiger partial charge in [0, 0.05) is 30.2 Å². The van der Waals surface area contributed by atoms with E-state index in [4.69, 9.17) is 21.1 Å². The second kappa shape index (κ2) is 6.62. The third-order valence-corrected chi connectivity index (χ3v) is 2.95. The first-order valence-corrected chi connectivity index (χ1v) is 6.88. The van der Waals surface area contributed by atoms with Gasteiger partial charge in [-0.2, -0.15) is 0 Å². The van der Waals surface area contributed by atoms with Crippen LogP contribution < -0.4 is 14.8 Å². The van der Waals surface area contributed by atoms with Crippen LogP contribution in [-0.2, 0) is 13.6 Å². The van der Waals surface area contributed by atoms with Gasteiger partial charge in [0.25, 0.3) is 0 Å². The SMILES string of the molecule is COc1cc(Cl)cc(CNc2nnnn2C)c1OC(C)C. The normalized spacial score (nSPS) is 10.8. The van der Waals surface area contributed by atoms with Crippen molar-refractivity contribution in [2.24, 2.45) is 7.05 Å². The van der Waals surface area contributed by atoms with Crippen molar-refractivity contribution in [3.05, 3.63) is 22.7 Å². The van der Waals surface area contributed by atoms with Crippen molar-refractivity contribution in [1.29, 1.82) is 0 Å². The lowest BCUT2D eigenvalue weighted by Gasteiger charge is -2.18. The van der Waals surface area contributed by atoms with Crippen molar-refractivity contribution >= 4 is 17.5 Å². The van der Waals surface area contributed by atoms with E-state index in [0.29, 0.717) is 29.0 Å². The van der Waals surface area contributed by atoms with E-state index in [1.165, 1.54) is 0 Å². The van der Waals surface area contributed by atoms with Crippen molar-refractivity contribution in [2.45, 2.75) is 26.5 Å². The number of nitrogens with one attached hydrogen (secondary N) is 1. The van der Waals surface area contributed by atoms with E-state index < -0.39 is 0 Å². The second-order valence-corrected chi connectivity index (χ2v) is 5.18. The summed E-state index contributed by atoms with van der Waals surface area (Å²) in [6.45, 7) is 4.38. The van der Waals surface area contributed by atoms with Crippen LogP contribution >= 0.6 is 11.6 Å². The van der Waals surface area contributed by atoms with Gasteiger partial charge in [-0.1, -0.05) is 16.7 Å². The number of nitrogens with zero attached hydrogens (tertiary/aromatic N) is 4. The molecule has 0 fully saturated rings. The first-order valence-electron chi connectivity index (χ1n) is 6.50. The molecule has 0 aliphatic rings. The number of halogens is 1. The summed E-state index contributed by atoms with van der Waals surface area (Å²) in [5.41, 5.74) is 0.871. The van der Waals surface area contributed by atoms with Gasteiger partial charge in [-0.15, -0.1) is 0 Å². The van der Waals surface area contributed by atoms with E-state index in [9.17, 15) is 0 Å². The molecule has 1 aromatic heterocycles. The van der Waals surface area contributed by atoms with Gasteiger partial charge in [0.2, 0.25) is 5.95 Å². The summed E-state index contributed by atoms with van der Waals surface area (Å²) >= 11 is 6.12. The monoisotopic (exact) mass is 311 g/mol. The molecule has 114 valence electrons. The average Bonchev–Trinajstić information content (AvgIpc) is 2.83. The lowest BCUT2D eigenvalue weighted by Crippen LogP contribution is -2.12. The Balaban J connectivity index is 2.27. The van der Waals surface area contributed by atoms with Gasteiger partial charge in [-0.05, 0) is 30.3 Å². The van der Waals surface area contributed by atoms with Gasteiger partial charge < -0.3 is 14.8 Å². The number of benzene rings is 1. The fourth-order valence-corrected chi connectivity index (χ4v) is 2.06. The number of anilines is 1. The van der Waals surface area contributed by atoms with Crippen molar-refractivity contribution < 1.29 is 9.47 Å². The first-order chi connectivity index (χ1) is 10.0. The Morgan fingerprint density at radius 2 is 2.14 bits per heavy atom. The van der Waals surface area contributed by atoms with E-state index in [2.05, 4.69) is 20.8 Å². The van der Waals surface area contributed by atoms with Gasteiger partial charge >= 0.3 is 0 Å². The zero-order valence-electron chi connectivity index (χ0n) is 12.4. The maximum atomic E-state index is 6.12. The quantitative estimate of drug-likeness (QED) is 0.882. The maximum absolute atomic E-state index is 6.12. The van der Waals surface area contributed by atoms with Crippen LogP contribution in [0.5, 0.6) is 11.5 Å². The van der Waals surface area contributed by atoms with Gasteiger partial charge in [-0.3, -0.25) is 0 Å². The number of hydrogen-bond donors (Lipinski definition) is 1. The summed E-state index contributed by atoms with van der Waals surface area (Å²) in [5.74, 6) is 1.83. The van der Waals surface area contributed by atoms with Crippen molar-refractivity contribution in [3.63, 3.8) is 0 Å². The summed E-state index contributed by atoms with van der Waals surface area (Å²) in [6, 6.07) is 3.56. The van der Waals surface area contributed by atoms with Crippen LogP contribution in [0, 0.1) is 0 Å². The lowest BCUT2D eigenvalue weighted by molar-refractivity contribution is 0.228. The highest BCUT2D eigenvalue weighted by atomic mass is 35.5.